The van der Waals surface area contributed by atoms with Crippen LogP contribution in [-0.4, -0.2) is 39.9 Å². The van der Waals surface area contributed by atoms with Crippen LogP contribution in [0.5, 0.6) is 0 Å². The molecule has 4 aromatic rings. The van der Waals surface area contributed by atoms with Crippen molar-refractivity contribution in [2.45, 2.75) is 44.7 Å². The number of para-hydroxylation sites is 1. The number of fused-ring (bicyclic) bond motifs is 2. The average Bonchev–Trinajstić information content (AvgIpc) is 3.57. The summed E-state index contributed by atoms with van der Waals surface area (Å²) in [5.74, 6) is 1.28. The van der Waals surface area contributed by atoms with Gasteiger partial charge in [-0.25, -0.2) is 4.98 Å². The maximum Gasteiger partial charge on any atom is 0.257 e. The maximum atomic E-state index is 13.4. The highest BCUT2D eigenvalue weighted by Crippen LogP contribution is 2.35. The van der Waals surface area contributed by atoms with Crippen LogP contribution < -0.4 is 4.90 Å². The van der Waals surface area contributed by atoms with E-state index in [1.807, 2.05) is 23.2 Å². The molecule has 2 aliphatic heterocycles. The van der Waals surface area contributed by atoms with Gasteiger partial charge in [0.25, 0.3) is 5.91 Å². The zero-order valence-corrected chi connectivity index (χ0v) is 18.8. The van der Waals surface area contributed by atoms with Crippen molar-refractivity contribution in [1.82, 2.24) is 14.9 Å². The number of nitrogens with zero attached hydrogens (tertiary/aromatic N) is 3. The number of carbonyl (C=O) groups is 1. The van der Waals surface area contributed by atoms with E-state index in [0.29, 0.717) is 24.1 Å². The quantitative estimate of drug-likeness (QED) is 0.478. The van der Waals surface area contributed by atoms with E-state index in [1.54, 1.807) is 6.26 Å². The van der Waals surface area contributed by atoms with Gasteiger partial charge in [-0.1, -0.05) is 18.2 Å². The number of amides is 1. The van der Waals surface area contributed by atoms with Crippen LogP contribution in [0.3, 0.4) is 0 Å². The summed E-state index contributed by atoms with van der Waals surface area (Å²) < 4.78 is 5.83. The van der Waals surface area contributed by atoms with E-state index in [9.17, 15) is 4.79 Å². The fraction of sp³-hybridized carbons (Fsp3) is 0.333. The number of H-pyrrole nitrogens is 1. The van der Waals surface area contributed by atoms with Gasteiger partial charge in [-0.3, -0.25) is 4.79 Å². The Kier molecular flexibility index (Phi) is 4.93. The van der Waals surface area contributed by atoms with Crippen molar-refractivity contribution in [1.29, 1.82) is 0 Å². The Hall–Kier alpha value is -3.54. The Labute approximate surface area is 193 Å². The predicted octanol–water partition coefficient (Wildman–Crippen LogP) is 5.13. The Morgan fingerprint density at radius 2 is 2.00 bits per heavy atom. The number of benzene rings is 1. The van der Waals surface area contributed by atoms with E-state index >= 15 is 0 Å². The third-order valence-corrected chi connectivity index (χ3v) is 7.34. The summed E-state index contributed by atoms with van der Waals surface area (Å²) in [5, 5.41) is 1.19. The van der Waals surface area contributed by atoms with Gasteiger partial charge in [-0.2, -0.15) is 0 Å². The van der Waals surface area contributed by atoms with Gasteiger partial charge in [0.2, 0.25) is 0 Å². The minimum Gasteiger partial charge on any atom is -0.467 e. The molecule has 0 aliphatic carbocycles. The summed E-state index contributed by atoms with van der Waals surface area (Å²) in [7, 11) is 0. The molecular formula is C27H28N4O2. The Morgan fingerprint density at radius 1 is 1.15 bits per heavy atom. The zero-order chi connectivity index (χ0) is 22.4. The van der Waals surface area contributed by atoms with Crippen molar-refractivity contribution >= 4 is 22.6 Å². The molecule has 6 nitrogen and oxygen atoms in total. The number of pyridine rings is 1. The lowest BCUT2D eigenvalue weighted by Crippen LogP contribution is -2.38. The first-order valence-electron chi connectivity index (χ1n) is 11.8. The molecular weight excluding hydrogens is 412 g/mol. The van der Waals surface area contributed by atoms with Crippen LogP contribution in [0.25, 0.3) is 11.0 Å². The summed E-state index contributed by atoms with van der Waals surface area (Å²) in [6, 6.07) is 14.8. The Morgan fingerprint density at radius 3 is 2.88 bits per heavy atom. The molecule has 1 saturated heterocycles. The number of rotatable bonds is 4. The molecule has 0 radical (unpaired) electrons. The molecule has 0 bridgehead atoms. The van der Waals surface area contributed by atoms with Crippen molar-refractivity contribution in [3.05, 3.63) is 83.6 Å². The zero-order valence-electron chi connectivity index (χ0n) is 18.8. The van der Waals surface area contributed by atoms with Gasteiger partial charge in [0.05, 0.1) is 18.4 Å². The first kappa shape index (κ1) is 20.1. The molecule has 3 aromatic heterocycles. The largest absolute Gasteiger partial charge is 0.467 e. The second kappa shape index (κ2) is 8.10. The number of nitrogens with one attached hydrogen (secondary N) is 1. The average molecular weight is 441 g/mol. The van der Waals surface area contributed by atoms with Crippen LogP contribution in [0.4, 0.5) is 5.69 Å². The van der Waals surface area contributed by atoms with E-state index in [0.717, 1.165) is 43.8 Å². The fourth-order valence-corrected chi connectivity index (χ4v) is 5.56. The van der Waals surface area contributed by atoms with Crippen molar-refractivity contribution in [2.75, 3.05) is 18.0 Å². The second-order valence-electron chi connectivity index (χ2n) is 9.28. The van der Waals surface area contributed by atoms with E-state index < -0.39 is 0 Å². The van der Waals surface area contributed by atoms with Crippen molar-refractivity contribution in [3.63, 3.8) is 0 Å². The summed E-state index contributed by atoms with van der Waals surface area (Å²) >= 11 is 0. The lowest BCUT2D eigenvalue weighted by atomic mass is 9.89. The number of hydrogen-bond donors (Lipinski definition) is 1. The monoisotopic (exact) mass is 440 g/mol. The number of furan rings is 1. The van der Waals surface area contributed by atoms with Gasteiger partial charge in [0, 0.05) is 42.6 Å². The minimum atomic E-state index is 0.0814. The molecule has 5 heterocycles. The number of hydrogen-bond acceptors (Lipinski definition) is 4. The van der Waals surface area contributed by atoms with Crippen LogP contribution >= 0.6 is 0 Å². The Balaban J connectivity index is 1.16. The highest BCUT2D eigenvalue weighted by molar-refractivity contribution is 5.95. The van der Waals surface area contributed by atoms with E-state index in [4.69, 9.17) is 4.42 Å². The van der Waals surface area contributed by atoms with Gasteiger partial charge in [0.15, 0.2) is 0 Å². The maximum absolute atomic E-state index is 13.4. The molecule has 6 heteroatoms. The van der Waals surface area contributed by atoms with Gasteiger partial charge in [0.1, 0.15) is 11.4 Å². The first-order valence-corrected chi connectivity index (χ1v) is 11.8. The number of piperidine rings is 1. The van der Waals surface area contributed by atoms with Crippen molar-refractivity contribution in [3.8, 4) is 0 Å². The lowest BCUT2D eigenvalue weighted by molar-refractivity contribution is 0.0711. The molecule has 1 N–H and O–H groups in total. The van der Waals surface area contributed by atoms with E-state index in [2.05, 4.69) is 58.3 Å². The molecule has 1 amide bonds. The van der Waals surface area contributed by atoms with Gasteiger partial charge >= 0.3 is 0 Å². The van der Waals surface area contributed by atoms with E-state index in [-0.39, 0.29) is 5.91 Å². The number of aromatic amines is 1. The summed E-state index contributed by atoms with van der Waals surface area (Å²) in [6.45, 7) is 4.36. The topological polar surface area (TPSA) is 65.4 Å². The normalized spacial score (nSPS) is 18.8. The molecule has 33 heavy (non-hydrogen) atoms. The first-order chi connectivity index (χ1) is 16.2. The van der Waals surface area contributed by atoms with Crippen LogP contribution in [0.1, 0.15) is 52.9 Å². The molecule has 1 unspecified atom stereocenters. The van der Waals surface area contributed by atoms with Gasteiger partial charge in [-0.15, -0.1) is 0 Å². The van der Waals surface area contributed by atoms with Gasteiger partial charge in [-0.05, 0) is 67.5 Å². The summed E-state index contributed by atoms with van der Waals surface area (Å²) in [6.07, 6.45) is 8.49. The molecule has 1 fully saturated rings. The molecule has 2 aliphatic rings. The SMILES string of the molecule is CC1Cc2ccccc2N1Cc1occc1C(=O)N1CCC(c2c[nH]c3ncccc23)CC1. The lowest BCUT2D eigenvalue weighted by Gasteiger charge is -2.32. The number of likely N-dealkylation sites (tertiary alicyclic amines) is 1. The Bertz CT molecular complexity index is 1300. The molecule has 168 valence electrons. The third kappa shape index (κ3) is 3.50. The van der Waals surface area contributed by atoms with Crippen molar-refractivity contribution in [2.24, 2.45) is 0 Å². The summed E-state index contributed by atoms with van der Waals surface area (Å²) in [4.78, 5) is 25.4. The molecule has 6 rings (SSSR count). The van der Waals surface area contributed by atoms with Gasteiger partial charge < -0.3 is 19.2 Å². The van der Waals surface area contributed by atoms with Crippen LogP contribution in [0.15, 0.2) is 65.5 Å². The third-order valence-electron chi connectivity index (χ3n) is 7.34. The highest BCUT2D eigenvalue weighted by Gasteiger charge is 2.31. The molecule has 0 spiro atoms. The highest BCUT2D eigenvalue weighted by atomic mass is 16.3. The van der Waals surface area contributed by atoms with Crippen molar-refractivity contribution < 1.29 is 9.21 Å². The summed E-state index contributed by atoms with van der Waals surface area (Å²) in [5.41, 5.74) is 5.55. The molecule has 1 aromatic carbocycles. The molecule has 1 atom stereocenters. The number of anilines is 1. The molecule has 0 saturated carbocycles. The number of carbonyl (C=O) groups excluding carboxylic acids is 1. The smallest absolute Gasteiger partial charge is 0.257 e. The standard InChI is InChI=1S/C27H28N4O2/c1-18-15-20-5-2-3-7-24(20)31(18)17-25-22(10-14-33-25)27(32)30-12-8-19(9-13-30)23-16-29-26-21(23)6-4-11-28-26/h2-7,10-11,14,16,18-19H,8-9,12-13,15,17H2,1H3,(H,28,29). The van der Waals surface area contributed by atoms with Crippen LogP contribution in [0, 0.1) is 0 Å². The number of aromatic nitrogens is 2. The van der Waals surface area contributed by atoms with Crippen LogP contribution in [-0.2, 0) is 13.0 Å². The fourth-order valence-electron chi connectivity index (χ4n) is 5.56. The predicted molar refractivity (Wildman–Crippen MR) is 128 cm³/mol. The van der Waals surface area contributed by atoms with E-state index in [1.165, 1.54) is 22.2 Å². The second-order valence-corrected chi connectivity index (χ2v) is 9.28. The van der Waals surface area contributed by atoms with Crippen LogP contribution in [0.2, 0.25) is 0 Å². The minimum absolute atomic E-state index is 0.0814.